The average molecular weight is 475 g/mol. The van der Waals surface area contributed by atoms with E-state index in [1.54, 1.807) is 7.11 Å². The third-order valence-corrected chi connectivity index (χ3v) is 8.03. The fourth-order valence-corrected chi connectivity index (χ4v) is 5.93. The lowest BCUT2D eigenvalue weighted by Gasteiger charge is -2.31. The second-order valence-corrected chi connectivity index (χ2v) is 10.0. The van der Waals surface area contributed by atoms with E-state index >= 15 is 8.78 Å². The second kappa shape index (κ2) is 11.6. The lowest BCUT2D eigenvalue weighted by molar-refractivity contribution is 0.0655. The maximum Gasteiger partial charge on any atom is 0.162 e. The predicted octanol–water partition coefficient (Wildman–Crippen LogP) is 8.08. The Morgan fingerprint density at radius 3 is 1.91 bits per heavy atom. The molecule has 5 heteroatoms. The van der Waals surface area contributed by atoms with Crippen LogP contribution in [0.2, 0.25) is 0 Å². The molecule has 4 rings (SSSR count). The van der Waals surface area contributed by atoms with E-state index < -0.39 is 11.6 Å². The van der Waals surface area contributed by atoms with Gasteiger partial charge in [-0.1, -0.05) is 18.2 Å². The van der Waals surface area contributed by atoms with Crippen LogP contribution in [0.15, 0.2) is 30.3 Å². The van der Waals surface area contributed by atoms with Gasteiger partial charge >= 0.3 is 0 Å². The van der Waals surface area contributed by atoms with Gasteiger partial charge in [-0.25, -0.2) is 13.2 Å². The number of rotatable bonds is 8. The quantitative estimate of drug-likeness (QED) is 0.385. The zero-order chi connectivity index (χ0) is 24.1. The Labute approximate surface area is 201 Å². The first-order valence-corrected chi connectivity index (χ1v) is 12.9. The lowest BCUT2D eigenvalue weighted by atomic mass is 9.76. The van der Waals surface area contributed by atoms with Gasteiger partial charge in [-0.3, -0.25) is 0 Å². The fraction of sp³-hybridized carbons (Fsp3) is 0.586. The van der Waals surface area contributed by atoms with Gasteiger partial charge in [-0.05, 0) is 112 Å². The summed E-state index contributed by atoms with van der Waals surface area (Å²) in [5, 5.41) is 0. The van der Waals surface area contributed by atoms with Crippen molar-refractivity contribution in [1.82, 2.24) is 0 Å². The summed E-state index contributed by atoms with van der Waals surface area (Å²) in [7, 11) is 1.72. The van der Waals surface area contributed by atoms with Gasteiger partial charge in [-0.15, -0.1) is 0 Å². The van der Waals surface area contributed by atoms with Gasteiger partial charge in [0.2, 0.25) is 0 Å². The molecular weight excluding hydrogens is 437 g/mol. The molecule has 2 fully saturated rings. The summed E-state index contributed by atoms with van der Waals surface area (Å²) in [6.45, 7) is 2.40. The number of ether oxygens (including phenoxy) is 2. The first-order valence-electron chi connectivity index (χ1n) is 12.9. The van der Waals surface area contributed by atoms with Crippen molar-refractivity contribution >= 4 is 0 Å². The molecule has 0 amide bonds. The van der Waals surface area contributed by atoms with Gasteiger partial charge in [0.15, 0.2) is 11.6 Å². The van der Waals surface area contributed by atoms with Gasteiger partial charge in [0, 0.05) is 13.2 Å². The molecule has 0 aromatic heterocycles. The van der Waals surface area contributed by atoms with E-state index in [1.165, 1.54) is 6.07 Å². The average Bonchev–Trinajstić information content (AvgIpc) is 2.86. The summed E-state index contributed by atoms with van der Waals surface area (Å²) in [5.74, 6) is -0.316. The van der Waals surface area contributed by atoms with E-state index in [9.17, 15) is 4.39 Å². The number of aryl methyl sites for hydroxylation is 1. The minimum atomic E-state index is -0.647. The number of benzene rings is 2. The Kier molecular flexibility index (Phi) is 8.57. The molecule has 0 N–H and O–H groups in total. The molecule has 0 atom stereocenters. The van der Waals surface area contributed by atoms with Gasteiger partial charge in [0.25, 0.3) is 0 Å². The highest BCUT2D eigenvalue weighted by Crippen LogP contribution is 2.41. The van der Waals surface area contributed by atoms with Crippen LogP contribution in [0.4, 0.5) is 13.2 Å². The Morgan fingerprint density at radius 2 is 1.38 bits per heavy atom. The summed E-state index contributed by atoms with van der Waals surface area (Å²) in [5.41, 5.74) is 1.78. The molecule has 0 spiro atoms. The van der Waals surface area contributed by atoms with Crippen molar-refractivity contribution in [2.24, 2.45) is 5.92 Å². The standard InChI is InChI=1S/C29H37F3O2/c1-3-34-24-15-12-22(27(30)18-24)9-6-19-4-7-20(8-5-19)25-16-17-26(29(32)28(25)31)21-10-13-23(33-2)14-11-21/h12,15-21,23H,3-11,13-14H2,1-2H3. The molecule has 2 aromatic rings. The zero-order valence-corrected chi connectivity index (χ0v) is 20.4. The van der Waals surface area contributed by atoms with Crippen molar-refractivity contribution in [2.45, 2.75) is 89.1 Å². The van der Waals surface area contributed by atoms with Crippen LogP contribution in [0.5, 0.6) is 5.75 Å². The summed E-state index contributed by atoms with van der Waals surface area (Å²) >= 11 is 0. The van der Waals surface area contributed by atoms with Crippen molar-refractivity contribution in [1.29, 1.82) is 0 Å². The first kappa shape index (κ1) is 25.1. The van der Waals surface area contributed by atoms with Crippen molar-refractivity contribution in [2.75, 3.05) is 13.7 Å². The van der Waals surface area contributed by atoms with Crippen LogP contribution < -0.4 is 4.74 Å². The van der Waals surface area contributed by atoms with E-state index in [2.05, 4.69) is 0 Å². The molecule has 0 radical (unpaired) electrons. The maximum atomic E-state index is 15.1. The number of hydrogen-bond acceptors (Lipinski definition) is 2. The van der Waals surface area contributed by atoms with Crippen LogP contribution in [-0.2, 0) is 11.2 Å². The molecule has 0 bridgehead atoms. The van der Waals surface area contributed by atoms with Crippen molar-refractivity contribution in [3.63, 3.8) is 0 Å². The Hall–Kier alpha value is -2.01. The van der Waals surface area contributed by atoms with Crippen molar-refractivity contribution in [3.8, 4) is 5.75 Å². The summed E-state index contributed by atoms with van der Waals surface area (Å²) in [4.78, 5) is 0. The molecule has 2 saturated carbocycles. The van der Waals surface area contributed by atoms with Crippen LogP contribution in [0.25, 0.3) is 0 Å². The molecule has 0 unspecified atom stereocenters. The SMILES string of the molecule is CCOc1ccc(CCC2CCC(c3ccc(C4CCC(OC)CC4)c(F)c3F)CC2)c(F)c1. The molecular formula is C29H37F3O2. The normalized spacial score (nSPS) is 25.3. The molecule has 0 heterocycles. The number of hydrogen-bond donors (Lipinski definition) is 0. The first-order chi connectivity index (χ1) is 16.5. The predicted molar refractivity (Wildman–Crippen MR) is 129 cm³/mol. The Morgan fingerprint density at radius 1 is 0.794 bits per heavy atom. The molecule has 2 aromatic carbocycles. The summed E-state index contributed by atoms with van der Waals surface area (Å²) in [6, 6.07) is 8.75. The zero-order valence-electron chi connectivity index (χ0n) is 20.4. The highest BCUT2D eigenvalue weighted by Gasteiger charge is 2.29. The van der Waals surface area contributed by atoms with E-state index in [1.807, 2.05) is 31.2 Å². The summed E-state index contributed by atoms with van der Waals surface area (Å²) < 4.78 is 55.2. The minimum absolute atomic E-state index is 0.0613. The smallest absolute Gasteiger partial charge is 0.162 e. The largest absolute Gasteiger partial charge is 0.494 e. The molecule has 2 aliphatic rings. The van der Waals surface area contributed by atoms with E-state index in [4.69, 9.17) is 9.47 Å². The molecule has 186 valence electrons. The molecule has 0 aliphatic heterocycles. The van der Waals surface area contributed by atoms with E-state index in [0.29, 0.717) is 41.4 Å². The molecule has 0 saturated heterocycles. The molecule has 34 heavy (non-hydrogen) atoms. The van der Waals surface area contributed by atoms with Crippen LogP contribution in [0.3, 0.4) is 0 Å². The highest BCUT2D eigenvalue weighted by atomic mass is 19.2. The van der Waals surface area contributed by atoms with Crippen molar-refractivity contribution < 1.29 is 22.6 Å². The number of halogens is 3. The fourth-order valence-electron chi connectivity index (χ4n) is 5.93. The van der Waals surface area contributed by atoms with E-state index in [0.717, 1.165) is 57.8 Å². The van der Waals surface area contributed by atoms with Crippen LogP contribution in [0, 0.1) is 23.4 Å². The lowest BCUT2D eigenvalue weighted by Crippen LogP contribution is -2.20. The van der Waals surface area contributed by atoms with Gasteiger partial charge < -0.3 is 9.47 Å². The van der Waals surface area contributed by atoms with Crippen LogP contribution >= 0.6 is 0 Å². The third kappa shape index (κ3) is 5.79. The molecule has 2 aliphatic carbocycles. The topological polar surface area (TPSA) is 18.5 Å². The van der Waals surface area contributed by atoms with Gasteiger partial charge in [0.05, 0.1) is 12.7 Å². The maximum absolute atomic E-state index is 15.1. The highest BCUT2D eigenvalue weighted by molar-refractivity contribution is 5.32. The number of methoxy groups -OCH3 is 1. The van der Waals surface area contributed by atoms with Crippen LogP contribution in [-0.4, -0.2) is 19.8 Å². The van der Waals surface area contributed by atoms with Crippen LogP contribution in [0.1, 0.15) is 93.2 Å². The van der Waals surface area contributed by atoms with Gasteiger partial charge in [-0.2, -0.15) is 0 Å². The third-order valence-electron chi connectivity index (χ3n) is 8.03. The monoisotopic (exact) mass is 474 g/mol. The Bertz CT molecular complexity index is 945. The van der Waals surface area contributed by atoms with E-state index in [-0.39, 0.29) is 23.8 Å². The Balaban J connectivity index is 1.31. The molecule has 2 nitrogen and oxygen atoms in total. The second-order valence-electron chi connectivity index (χ2n) is 10.0. The van der Waals surface area contributed by atoms with Crippen molar-refractivity contribution in [3.05, 3.63) is 64.5 Å². The summed E-state index contributed by atoms with van der Waals surface area (Å²) in [6.07, 6.45) is 8.96. The van der Waals surface area contributed by atoms with Gasteiger partial charge in [0.1, 0.15) is 11.6 Å². The minimum Gasteiger partial charge on any atom is -0.494 e.